The Hall–Kier alpha value is -0.220. The first-order valence-electron chi connectivity index (χ1n) is 6.07. The number of carbonyl (C=O) groups is 1. The lowest BCUT2D eigenvalue weighted by molar-refractivity contribution is -0.146. The van der Waals surface area contributed by atoms with E-state index in [0.29, 0.717) is 11.2 Å². The fraction of sp³-hybridized carbons (Fsp3) is 0.917. The van der Waals surface area contributed by atoms with Crippen LogP contribution in [0.2, 0.25) is 0 Å². The van der Waals surface area contributed by atoms with Gasteiger partial charge in [0.1, 0.15) is 5.54 Å². The van der Waals surface area contributed by atoms with E-state index in [9.17, 15) is 9.90 Å². The Morgan fingerprint density at radius 1 is 1.62 bits per heavy atom. The number of carboxylic acid groups (broad SMARTS) is 1. The van der Waals surface area contributed by atoms with Crippen molar-refractivity contribution in [3.63, 3.8) is 0 Å². The number of hydrogen-bond donors (Lipinski definition) is 2. The van der Waals surface area contributed by atoms with Gasteiger partial charge in [-0.1, -0.05) is 20.3 Å². The van der Waals surface area contributed by atoms with Crippen LogP contribution in [0.3, 0.4) is 0 Å². The largest absolute Gasteiger partial charge is 0.480 e. The Kier molecular flexibility index (Phi) is 5.12. The molecule has 2 N–H and O–H groups in total. The molecule has 0 aromatic carbocycles. The fourth-order valence-corrected chi connectivity index (χ4v) is 3.52. The highest BCUT2D eigenvalue weighted by Gasteiger charge is 2.47. The van der Waals surface area contributed by atoms with Gasteiger partial charge in [-0.25, -0.2) is 0 Å². The summed E-state index contributed by atoms with van der Waals surface area (Å²) in [6, 6.07) is 0. The van der Waals surface area contributed by atoms with E-state index in [2.05, 4.69) is 19.2 Å². The van der Waals surface area contributed by atoms with Crippen LogP contribution in [-0.4, -0.2) is 34.7 Å². The van der Waals surface area contributed by atoms with Crippen LogP contribution in [0.25, 0.3) is 0 Å². The molecule has 2 unspecified atom stereocenters. The lowest BCUT2D eigenvalue weighted by Gasteiger charge is -2.31. The van der Waals surface area contributed by atoms with E-state index in [1.807, 2.05) is 11.8 Å². The molecule has 0 bridgehead atoms. The van der Waals surface area contributed by atoms with Crippen molar-refractivity contribution in [2.75, 3.05) is 12.8 Å². The van der Waals surface area contributed by atoms with Crippen LogP contribution in [0.15, 0.2) is 0 Å². The third-order valence-electron chi connectivity index (χ3n) is 3.57. The average Bonchev–Trinajstić information content (AvgIpc) is 2.61. The Morgan fingerprint density at radius 2 is 2.31 bits per heavy atom. The van der Waals surface area contributed by atoms with Crippen LogP contribution >= 0.6 is 11.8 Å². The van der Waals surface area contributed by atoms with Crippen LogP contribution in [0.1, 0.15) is 39.5 Å². The predicted octanol–water partition coefficient (Wildman–Crippen LogP) is 2.36. The van der Waals surface area contributed by atoms with Gasteiger partial charge in [0, 0.05) is 0 Å². The van der Waals surface area contributed by atoms with E-state index in [1.165, 1.54) is 0 Å². The number of carboxylic acids is 1. The molecule has 94 valence electrons. The van der Waals surface area contributed by atoms with E-state index in [-0.39, 0.29) is 0 Å². The van der Waals surface area contributed by atoms with Gasteiger partial charge in [0.15, 0.2) is 0 Å². The van der Waals surface area contributed by atoms with Crippen molar-refractivity contribution < 1.29 is 9.90 Å². The zero-order chi connectivity index (χ0) is 12.2. The van der Waals surface area contributed by atoms with Crippen molar-refractivity contribution in [1.82, 2.24) is 5.32 Å². The SMILES string of the molecule is CNC1(C(=O)O)CCCC1CCSC(C)C. The van der Waals surface area contributed by atoms with Crippen LogP contribution < -0.4 is 5.32 Å². The second-order valence-electron chi connectivity index (χ2n) is 4.82. The topological polar surface area (TPSA) is 49.3 Å². The Bertz CT molecular complexity index is 245. The maximum atomic E-state index is 11.4. The number of hydrogen-bond acceptors (Lipinski definition) is 3. The van der Waals surface area contributed by atoms with Gasteiger partial charge in [-0.2, -0.15) is 11.8 Å². The standard InChI is InChI=1S/C12H23NO2S/c1-9(2)16-8-6-10-5-4-7-12(10,13-3)11(14)15/h9-10,13H,4-8H2,1-3H3,(H,14,15). The molecule has 0 heterocycles. The molecule has 1 fully saturated rings. The Labute approximate surface area is 102 Å². The minimum absolute atomic E-state index is 0.293. The zero-order valence-corrected chi connectivity index (χ0v) is 11.3. The summed E-state index contributed by atoms with van der Waals surface area (Å²) in [5.74, 6) is 0.687. The van der Waals surface area contributed by atoms with Gasteiger partial charge in [-0.3, -0.25) is 4.79 Å². The fourth-order valence-electron chi connectivity index (χ4n) is 2.63. The molecule has 4 heteroatoms. The maximum Gasteiger partial charge on any atom is 0.324 e. The highest BCUT2D eigenvalue weighted by molar-refractivity contribution is 7.99. The summed E-state index contributed by atoms with van der Waals surface area (Å²) in [6.45, 7) is 4.36. The molecule has 0 amide bonds. The van der Waals surface area contributed by atoms with E-state index < -0.39 is 11.5 Å². The molecule has 3 nitrogen and oxygen atoms in total. The maximum absolute atomic E-state index is 11.4. The lowest BCUT2D eigenvalue weighted by atomic mass is 9.85. The van der Waals surface area contributed by atoms with Gasteiger partial charge in [0.05, 0.1) is 0 Å². The number of aliphatic carboxylic acids is 1. The normalized spacial score (nSPS) is 29.9. The Balaban J connectivity index is 2.54. The zero-order valence-electron chi connectivity index (χ0n) is 10.5. The molecule has 0 radical (unpaired) electrons. The summed E-state index contributed by atoms with van der Waals surface area (Å²) in [6.07, 6.45) is 3.86. The number of rotatable bonds is 6. The molecule has 1 saturated carbocycles. The smallest absolute Gasteiger partial charge is 0.324 e. The quantitative estimate of drug-likeness (QED) is 0.754. The molecule has 1 aliphatic carbocycles. The molecule has 1 rings (SSSR count). The molecule has 0 aliphatic heterocycles. The number of likely N-dealkylation sites (N-methyl/N-ethyl adjacent to an activating group) is 1. The summed E-state index contributed by atoms with van der Waals surface area (Å²) in [5, 5.41) is 13.1. The molecular formula is C12H23NO2S. The van der Waals surface area contributed by atoms with E-state index in [4.69, 9.17) is 0 Å². The van der Waals surface area contributed by atoms with Crippen LogP contribution in [0, 0.1) is 5.92 Å². The van der Waals surface area contributed by atoms with E-state index in [0.717, 1.165) is 31.4 Å². The van der Waals surface area contributed by atoms with Gasteiger partial charge >= 0.3 is 5.97 Å². The highest BCUT2D eigenvalue weighted by Crippen LogP contribution is 2.38. The summed E-state index contributed by atoms with van der Waals surface area (Å²) in [4.78, 5) is 11.4. The molecule has 2 atom stereocenters. The van der Waals surface area contributed by atoms with Crippen molar-refractivity contribution >= 4 is 17.7 Å². The van der Waals surface area contributed by atoms with Crippen molar-refractivity contribution in [3.05, 3.63) is 0 Å². The van der Waals surface area contributed by atoms with Crippen LogP contribution in [-0.2, 0) is 4.79 Å². The summed E-state index contributed by atoms with van der Waals surface area (Å²) < 4.78 is 0. The monoisotopic (exact) mass is 245 g/mol. The first kappa shape index (κ1) is 13.8. The minimum Gasteiger partial charge on any atom is -0.480 e. The molecule has 1 aliphatic rings. The van der Waals surface area contributed by atoms with Crippen molar-refractivity contribution in [1.29, 1.82) is 0 Å². The first-order valence-corrected chi connectivity index (χ1v) is 7.11. The highest BCUT2D eigenvalue weighted by atomic mass is 32.2. The van der Waals surface area contributed by atoms with Gasteiger partial charge in [0.2, 0.25) is 0 Å². The van der Waals surface area contributed by atoms with Crippen molar-refractivity contribution in [2.45, 2.75) is 50.3 Å². The second-order valence-corrected chi connectivity index (χ2v) is 6.51. The second kappa shape index (κ2) is 5.92. The van der Waals surface area contributed by atoms with Gasteiger partial charge < -0.3 is 10.4 Å². The minimum atomic E-state index is -0.674. The third-order valence-corrected chi connectivity index (χ3v) is 4.70. The molecule has 0 aromatic rings. The molecule has 0 saturated heterocycles. The lowest BCUT2D eigenvalue weighted by Crippen LogP contribution is -2.53. The summed E-state index contributed by atoms with van der Waals surface area (Å²) >= 11 is 1.92. The first-order chi connectivity index (χ1) is 7.53. The van der Waals surface area contributed by atoms with Crippen LogP contribution in [0.5, 0.6) is 0 Å². The third kappa shape index (κ3) is 2.92. The number of thioether (sulfide) groups is 1. The number of nitrogens with one attached hydrogen (secondary N) is 1. The Morgan fingerprint density at radius 3 is 2.81 bits per heavy atom. The summed E-state index contributed by atoms with van der Waals surface area (Å²) in [5.41, 5.74) is -0.655. The predicted molar refractivity (Wildman–Crippen MR) is 69.0 cm³/mol. The van der Waals surface area contributed by atoms with Crippen molar-refractivity contribution in [3.8, 4) is 0 Å². The van der Waals surface area contributed by atoms with Gasteiger partial charge in [-0.05, 0) is 43.2 Å². The van der Waals surface area contributed by atoms with Gasteiger partial charge in [-0.15, -0.1) is 0 Å². The van der Waals surface area contributed by atoms with Gasteiger partial charge in [0.25, 0.3) is 0 Å². The molecular weight excluding hydrogens is 222 g/mol. The van der Waals surface area contributed by atoms with E-state index >= 15 is 0 Å². The average molecular weight is 245 g/mol. The summed E-state index contributed by atoms with van der Waals surface area (Å²) in [7, 11) is 1.78. The molecule has 16 heavy (non-hydrogen) atoms. The molecule has 0 spiro atoms. The van der Waals surface area contributed by atoms with Crippen molar-refractivity contribution in [2.24, 2.45) is 5.92 Å². The molecule has 0 aromatic heterocycles. The van der Waals surface area contributed by atoms with Crippen LogP contribution in [0.4, 0.5) is 0 Å². The van der Waals surface area contributed by atoms with E-state index in [1.54, 1.807) is 7.05 Å².